The molecule has 100 valence electrons. The summed E-state index contributed by atoms with van der Waals surface area (Å²) in [5.41, 5.74) is -0.303. The molecule has 18 heavy (non-hydrogen) atoms. The van der Waals surface area contributed by atoms with Gasteiger partial charge in [-0.25, -0.2) is 9.97 Å². The largest absolute Gasteiger partial charge is 0.395 e. The van der Waals surface area contributed by atoms with Gasteiger partial charge in [-0.2, -0.15) is 0 Å². The third-order valence-electron chi connectivity index (χ3n) is 1.99. The number of aliphatic hydroxyl groups excluding tert-OH is 2. The van der Waals surface area contributed by atoms with E-state index in [1.807, 2.05) is 0 Å². The monoisotopic (exact) mass is 257 g/mol. The summed E-state index contributed by atoms with van der Waals surface area (Å²) in [6.45, 7) is 1.56. The van der Waals surface area contributed by atoms with Gasteiger partial charge in [-0.05, 0) is 6.92 Å². The topological polar surface area (TPSA) is 133 Å². The molecule has 0 saturated heterocycles. The van der Waals surface area contributed by atoms with Gasteiger partial charge < -0.3 is 20.8 Å². The molecule has 0 aliphatic carbocycles. The van der Waals surface area contributed by atoms with E-state index in [1.54, 1.807) is 6.92 Å². The first kappa shape index (κ1) is 14.1. The van der Waals surface area contributed by atoms with Crippen LogP contribution in [-0.2, 0) is 0 Å². The summed E-state index contributed by atoms with van der Waals surface area (Å²) < 4.78 is 0. The zero-order chi connectivity index (χ0) is 13.5. The summed E-state index contributed by atoms with van der Waals surface area (Å²) in [5, 5.41) is 33.7. The van der Waals surface area contributed by atoms with E-state index in [4.69, 9.17) is 10.2 Å². The lowest BCUT2D eigenvalue weighted by atomic mass is 10.4. The second kappa shape index (κ2) is 6.67. The predicted molar refractivity (Wildman–Crippen MR) is 64.6 cm³/mol. The Bertz CT molecular complexity index is 396. The first-order chi connectivity index (χ1) is 8.60. The van der Waals surface area contributed by atoms with Gasteiger partial charge in [-0.1, -0.05) is 0 Å². The van der Waals surface area contributed by atoms with Crippen molar-refractivity contribution in [3.63, 3.8) is 0 Å². The lowest BCUT2D eigenvalue weighted by Gasteiger charge is -2.10. The number of aromatic nitrogens is 2. The van der Waals surface area contributed by atoms with Gasteiger partial charge in [0, 0.05) is 13.1 Å². The Kier molecular flexibility index (Phi) is 5.21. The zero-order valence-corrected chi connectivity index (χ0v) is 9.88. The fourth-order valence-electron chi connectivity index (χ4n) is 1.33. The summed E-state index contributed by atoms with van der Waals surface area (Å²) in [6.07, 6.45) is 0. The molecule has 0 unspecified atom stereocenters. The van der Waals surface area contributed by atoms with E-state index in [-0.39, 0.29) is 43.6 Å². The van der Waals surface area contributed by atoms with Crippen molar-refractivity contribution in [1.82, 2.24) is 9.97 Å². The quantitative estimate of drug-likeness (QED) is 0.379. The van der Waals surface area contributed by atoms with Crippen LogP contribution in [0.5, 0.6) is 0 Å². The summed E-state index contributed by atoms with van der Waals surface area (Å²) in [6, 6.07) is 0. The number of hydrogen-bond acceptors (Lipinski definition) is 8. The lowest BCUT2D eigenvalue weighted by molar-refractivity contribution is -0.383. The van der Waals surface area contributed by atoms with Crippen LogP contribution >= 0.6 is 0 Å². The molecular formula is C9H15N5O4. The Balaban J connectivity index is 3.13. The molecule has 0 radical (unpaired) electrons. The summed E-state index contributed by atoms with van der Waals surface area (Å²) in [5.74, 6) is 0.436. The highest BCUT2D eigenvalue weighted by Gasteiger charge is 2.23. The molecule has 1 rings (SSSR count). The van der Waals surface area contributed by atoms with Crippen LogP contribution in [0.15, 0.2) is 0 Å². The van der Waals surface area contributed by atoms with Gasteiger partial charge in [-0.3, -0.25) is 10.1 Å². The number of hydrogen-bond donors (Lipinski definition) is 4. The minimum atomic E-state index is -0.612. The highest BCUT2D eigenvalue weighted by atomic mass is 16.6. The van der Waals surface area contributed by atoms with Gasteiger partial charge in [0.15, 0.2) is 0 Å². The highest BCUT2D eigenvalue weighted by Crippen LogP contribution is 2.29. The number of aryl methyl sites for hydroxylation is 1. The molecule has 0 bridgehead atoms. The Labute approximate surface area is 103 Å². The smallest absolute Gasteiger partial charge is 0.353 e. The molecular weight excluding hydrogens is 242 g/mol. The van der Waals surface area contributed by atoms with E-state index in [2.05, 4.69) is 20.6 Å². The van der Waals surface area contributed by atoms with Crippen molar-refractivity contribution in [3.8, 4) is 0 Å². The van der Waals surface area contributed by atoms with E-state index in [9.17, 15) is 10.1 Å². The fraction of sp³-hybridized carbons (Fsp3) is 0.556. The van der Waals surface area contributed by atoms with Crippen molar-refractivity contribution in [3.05, 3.63) is 15.9 Å². The first-order valence-electron chi connectivity index (χ1n) is 5.32. The SMILES string of the molecule is Cc1nc(NCCO)c([N+](=O)[O-])c(NCCO)n1. The third kappa shape index (κ3) is 3.50. The molecule has 0 aliphatic heterocycles. The minimum absolute atomic E-state index is 0.0435. The van der Waals surface area contributed by atoms with Crippen LogP contribution < -0.4 is 10.6 Å². The van der Waals surface area contributed by atoms with E-state index in [1.165, 1.54) is 0 Å². The summed E-state index contributed by atoms with van der Waals surface area (Å²) >= 11 is 0. The van der Waals surface area contributed by atoms with Crippen LogP contribution in [0, 0.1) is 17.0 Å². The van der Waals surface area contributed by atoms with Gasteiger partial charge >= 0.3 is 5.69 Å². The molecule has 0 aromatic carbocycles. The van der Waals surface area contributed by atoms with Crippen molar-refractivity contribution in [2.75, 3.05) is 36.9 Å². The van der Waals surface area contributed by atoms with E-state index in [0.717, 1.165) is 0 Å². The molecule has 9 nitrogen and oxygen atoms in total. The molecule has 1 aromatic rings. The summed E-state index contributed by atoms with van der Waals surface area (Å²) in [7, 11) is 0. The zero-order valence-electron chi connectivity index (χ0n) is 9.88. The molecule has 9 heteroatoms. The minimum Gasteiger partial charge on any atom is -0.395 e. The van der Waals surface area contributed by atoms with Crippen molar-refractivity contribution in [2.24, 2.45) is 0 Å². The van der Waals surface area contributed by atoms with Crippen LogP contribution in [0.1, 0.15) is 5.82 Å². The van der Waals surface area contributed by atoms with Crippen molar-refractivity contribution in [2.45, 2.75) is 6.92 Å². The molecule has 1 aromatic heterocycles. The Hall–Kier alpha value is -2.00. The van der Waals surface area contributed by atoms with Crippen LogP contribution in [0.3, 0.4) is 0 Å². The third-order valence-corrected chi connectivity index (χ3v) is 1.99. The fourth-order valence-corrected chi connectivity index (χ4v) is 1.33. The number of anilines is 2. The first-order valence-corrected chi connectivity index (χ1v) is 5.32. The van der Waals surface area contributed by atoms with Crippen molar-refractivity contribution < 1.29 is 15.1 Å². The van der Waals surface area contributed by atoms with Gasteiger partial charge in [-0.15, -0.1) is 0 Å². The number of nitrogens with one attached hydrogen (secondary N) is 2. The van der Waals surface area contributed by atoms with Crippen LogP contribution in [0.4, 0.5) is 17.3 Å². The lowest BCUT2D eigenvalue weighted by Crippen LogP contribution is -2.15. The second-order valence-electron chi connectivity index (χ2n) is 3.37. The molecule has 0 aliphatic rings. The van der Waals surface area contributed by atoms with Crippen molar-refractivity contribution >= 4 is 17.3 Å². The maximum atomic E-state index is 11.0. The molecule has 0 spiro atoms. The average Bonchev–Trinajstić information content (AvgIpc) is 2.32. The van der Waals surface area contributed by atoms with Gasteiger partial charge in [0.25, 0.3) is 0 Å². The second-order valence-corrected chi connectivity index (χ2v) is 3.37. The molecule has 0 atom stereocenters. The molecule has 1 heterocycles. The van der Waals surface area contributed by atoms with Crippen LogP contribution in [-0.4, -0.2) is 51.4 Å². The standard InChI is InChI=1S/C9H15N5O4/c1-6-12-8(10-2-4-15)7(14(17)18)9(13-6)11-3-5-16/h15-16H,2-5H2,1H3,(H2,10,11,12,13). The maximum absolute atomic E-state index is 11.0. The van der Waals surface area contributed by atoms with Crippen LogP contribution in [0.2, 0.25) is 0 Å². The maximum Gasteiger partial charge on any atom is 0.353 e. The van der Waals surface area contributed by atoms with Gasteiger partial charge in [0.1, 0.15) is 5.82 Å². The molecule has 0 saturated carbocycles. The van der Waals surface area contributed by atoms with E-state index in [0.29, 0.717) is 5.82 Å². The van der Waals surface area contributed by atoms with Crippen LogP contribution in [0.25, 0.3) is 0 Å². The van der Waals surface area contributed by atoms with Crippen molar-refractivity contribution in [1.29, 1.82) is 0 Å². The molecule has 4 N–H and O–H groups in total. The number of rotatable bonds is 7. The average molecular weight is 257 g/mol. The number of nitro groups is 1. The number of aliphatic hydroxyl groups is 2. The van der Waals surface area contributed by atoms with Gasteiger partial charge in [0.2, 0.25) is 11.6 Å². The highest BCUT2D eigenvalue weighted by molar-refractivity contribution is 5.69. The Morgan fingerprint density at radius 2 is 1.61 bits per heavy atom. The summed E-state index contributed by atoms with van der Waals surface area (Å²) in [4.78, 5) is 18.2. The molecule has 0 fully saturated rings. The van der Waals surface area contributed by atoms with E-state index >= 15 is 0 Å². The number of nitrogens with zero attached hydrogens (tertiary/aromatic N) is 3. The normalized spacial score (nSPS) is 10.2. The molecule has 0 amide bonds. The predicted octanol–water partition coefficient (Wildman–Crippen LogP) is -0.498. The Morgan fingerprint density at radius 3 is 1.94 bits per heavy atom. The Morgan fingerprint density at radius 1 is 1.17 bits per heavy atom. The van der Waals surface area contributed by atoms with E-state index < -0.39 is 4.92 Å². The van der Waals surface area contributed by atoms with Gasteiger partial charge in [0.05, 0.1) is 18.1 Å².